The molecule has 1 atom stereocenters. The molecule has 1 heterocycles. The summed E-state index contributed by atoms with van der Waals surface area (Å²) in [6.45, 7) is 5.31. The minimum atomic E-state index is -0.853. The minimum Gasteiger partial charge on any atom is -0.467 e. The average molecular weight is 394 g/mol. The zero-order chi connectivity index (χ0) is 21.0. The Kier molecular flexibility index (Phi) is 5.92. The summed E-state index contributed by atoms with van der Waals surface area (Å²) in [4.78, 5) is 27.7. The highest BCUT2D eigenvalue weighted by Crippen LogP contribution is 2.30. The van der Waals surface area contributed by atoms with E-state index >= 15 is 0 Å². The summed E-state index contributed by atoms with van der Waals surface area (Å²) in [6, 6.07) is 15.3. The maximum Gasteiger partial charge on any atom is 0.408 e. The van der Waals surface area contributed by atoms with Gasteiger partial charge in [-0.3, -0.25) is 0 Å². The third-order valence-corrected chi connectivity index (χ3v) is 4.49. The van der Waals surface area contributed by atoms with E-state index in [9.17, 15) is 9.59 Å². The lowest BCUT2D eigenvalue weighted by molar-refractivity contribution is -0.143. The van der Waals surface area contributed by atoms with Gasteiger partial charge in [-0.25, -0.2) is 9.59 Å². The number of carbonyl (C=O) groups excluding carboxylic acids is 2. The molecule has 152 valence electrons. The van der Waals surface area contributed by atoms with Gasteiger partial charge in [-0.15, -0.1) is 0 Å². The number of aromatic amines is 1. The molecule has 0 fully saturated rings. The average Bonchev–Trinajstić information content (AvgIpc) is 3.09. The topological polar surface area (TPSA) is 80.4 Å². The maximum atomic E-state index is 12.3. The first-order chi connectivity index (χ1) is 13.8. The van der Waals surface area contributed by atoms with E-state index in [2.05, 4.69) is 28.5 Å². The number of hydrogen-bond donors (Lipinski definition) is 2. The van der Waals surface area contributed by atoms with E-state index in [-0.39, 0.29) is 6.42 Å². The zero-order valence-electron chi connectivity index (χ0n) is 17.1. The number of ether oxygens (including phenoxy) is 2. The molecule has 0 aliphatic rings. The fraction of sp³-hybridized carbons (Fsp3) is 0.304. The van der Waals surface area contributed by atoms with Crippen LogP contribution < -0.4 is 5.32 Å². The number of benzene rings is 2. The molecule has 0 unspecified atom stereocenters. The summed E-state index contributed by atoms with van der Waals surface area (Å²) in [5.41, 5.74) is 3.40. The number of H-pyrrole nitrogens is 1. The number of nitrogens with one attached hydrogen (secondary N) is 2. The Bertz CT molecular complexity index is 1000. The Morgan fingerprint density at radius 1 is 1.07 bits per heavy atom. The molecule has 1 aromatic heterocycles. The third kappa shape index (κ3) is 4.96. The van der Waals surface area contributed by atoms with Crippen LogP contribution >= 0.6 is 0 Å². The number of alkyl carbamates (subject to hydrolysis) is 1. The van der Waals surface area contributed by atoms with Crippen molar-refractivity contribution in [1.29, 1.82) is 0 Å². The Labute approximate surface area is 170 Å². The van der Waals surface area contributed by atoms with Crippen molar-refractivity contribution >= 4 is 23.0 Å². The van der Waals surface area contributed by atoms with Gasteiger partial charge in [0, 0.05) is 23.6 Å². The number of aromatic nitrogens is 1. The van der Waals surface area contributed by atoms with Gasteiger partial charge in [-0.2, -0.15) is 0 Å². The van der Waals surface area contributed by atoms with Gasteiger partial charge >= 0.3 is 12.1 Å². The quantitative estimate of drug-likeness (QED) is 0.627. The van der Waals surface area contributed by atoms with Gasteiger partial charge in [0.05, 0.1) is 12.6 Å². The lowest BCUT2D eigenvalue weighted by atomic mass is 10.00. The van der Waals surface area contributed by atoms with Crippen molar-refractivity contribution < 1.29 is 19.1 Å². The number of amides is 1. The van der Waals surface area contributed by atoms with Crippen molar-refractivity contribution in [3.8, 4) is 11.1 Å². The van der Waals surface area contributed by atoms with Gasteiger partial charge in [0.1, 0.15) is 11.6 Å². The van der Waals surface area contributed by atoms with Crippen molar-refractivity contribution in [3.05, 3.63) is 60.3 Å². The highest BCUT2D eigenvalue weighted by Gasteiger charge is 2.26. The summed E-state index contributed by atoms with van der Waals surface area (Å²) < 4.78 is 10.2. The summed E-state index contributed by atoms with van der Waals surface area (Å²) in [7, 11) is 1.30. The van der Waals surface area contributed by atoms with Crippen molar-refractivity contribution in [2.45, 2.75) is 38.8 Å². The molecular formula is C23H26N2O4. The molecule has 0 bridgehead atoms. The summed E-state index contributed by atoms with van der Waals surface area (Å²) >= 11 is 0. The van der Waals surface area contributed by atoms with Crippen LogP contribution in [-0.2, 0) is 20.7 Å². The second-order valence-electron chi connectivity index (χ2n) is 7.83. The van der Waals surface area contributed by atoms with E-state index in [0.29, 0.717) is 0 Å². The predicted octanol–water partition coefficient (Wildman–Crippen LogP) is 4.44. The minimum absolute atomic E-state index is 0.282. The first kappa shape index (κ1) is 20.5. The summed E-state index contributed by atoms with van der Waals surface area (Å²) in [6.07, 6.45) is 1.49. The summed E-state index contributed by atoms with van der Waals surface area (Å²) in [5, 5.41) is 3.62. The van der Waals surface area contributed by atoms with Crippen LogP contribution in [0.2, 0.25) is 0 Å². The van der Waals surface area contributed by atoms with Crippen LogP contribution in [0.4, 0.5) is 4.79 Å². The molecule has 2 aromatic carbocycles. The largest absolute Gasteiger partial charge is 0.467 e. The monoisotopic (exact) mass is 394 g/mol. The van der Waals surface area contributed by atoms with E-state index < -0.39 is 23.7 Å². The smallest absolute Gasteiger partial charge is 0.408 e. The van der Waals surface area contributed by atoms with E-state index in [1.165, 1.54) is 7.11 Å². The van der Waals surface area contributed by atoms with E-state index in [1.807, 2.05) is 36.5 Å². The first-order valence-corrected chi connectivity index (χ1v) is 9.50. The fourth-order valence-corrected chi connectivity index (χ4v) is 3.24. The molecule has 6 heteroatoms. The van der Waals surface area contributed by atoms with Gasteiger partial charge in [0.2, 0.25) is 0 Å². The van der Waals surface area contributed by atoms with Crippen molar-refractivity contribution in [2.75, 3.05) is 7.11 Å². The molecule has 1 amide bonds. The van der Waals surface area contributed by atoms with Gasteiger partial charge < -0.3 is 19.8 Å². The lowest BCUT2D eigenvalue weighted by Crippen LogP contribution is -2.45. The molecule has 3 rings (SSSR count). The van der Waals surface area contributed by atoms with Crippen molar-refractivity contribution in [1.82, 2.24) is 10.3 Å². The number of carbonyl (C=O) groups is 2. The van der Waals surface area contributed by atoms with Crippen LogP contribution in [0.15, 0.2) is 54.7 Å². The second-order valence-corrected chi connectivity index (χ2v) is 7.83. The van der Waals surface area contributed by atoms with Crippen LogP contribution in [0, 0.1) is 0 Å². The van der Waals surface area contributed by atoms with Gasteiger partial charge in [-0.05, 0) is 31.9 Å². The maximum absolute atomic E-state index is 12.3. The van der Waals surface area contributed by atoms with Crippen LogP contribution in [0.1, 0.15) is 26.3 Å². The van der Waals surface area contributed by atoms with E-state index in [1.54, 1.807) is 20.8 Å². The van der Waals surface area contributed by atoms with Gasteiger partial charge in [-0.1, -0.05) is 48.5 Å². The van der Waals surface area contributed by atoms with E-state index in [4.69, 9.17) is 9.47 Å². The van der Waals surface area contributed by atoms with Gasteiger partial charge in [0.25, 0.3) is 0 Å². The molecule has 0 aliphatic heterocycles. The van der Waals surface area contributed by atoms with E-state index in [0.717, 1.165) is 27.6 Å². The Balaban J connectivity index is 1.89. The third-order valence-electron chi connectivity index (χ3n) is 4.49. The molecule has 0 spiro atoms. The van der Waals surface area contributed by atoms with Crippen LogP contribution in [-0.4, -0.2) is 35.8 Å². The zero-order valence-corrected chi connectivity index (χ0v) is 17.1. The van der Waals surface area contributed by atoms with Crippen LogP contribution in [0.25, 0.3) is 22.0 Å². The highest BCUT2D eigenvalue weighted by molar-refractivity contribution is 5.96. The number of esters is 1. The normalized spacial score (nSPS) is 12.4. The number of fused-ring (bicyclic) bond motifs is 1. The molecule has 0 radical (unpaired) electrons. The molecule has 29 heavy (non-hydrogen) atoms. The number of rotatable bonds is 5. The van der Waals surface area contributed by atoms with Crippen molar-refractivity contribution in [2.24, 2.45) is 0 Å². The van der Waals surface area contributed by atoms with Crippen LogP contribution in [0.3, 0.4) is 0 Å². The number of para-hydroxylation sites is 1. The molecule has 0 aliphatic carbocycles. The Morgan fingerprint density at radius 3 is 2.45 bits per heavy atom. The molecule has 0 saturated carbocycles. The standard InChI is InChI=1S/C23H26N2O4/c1-23(2,3)29-22(27)25-19(21(26)28-4)13-16-14-24-20-17(11-8-12-18(16)20)15-9-6-5-7-10-15/h5-12,14,19,24H,13H2,1-4H3,(H,25,27)/t19-/m0/s1. The molecule has 0 saturated heterocycles. The van der Waals surface area contributed by atoms with Crippen molar-refractivity contribution in [3.63, 3.8) is 0 Å². The Morgan fingerprint density at radius 2 is 1.79 bits per heavy atom. The number of hydrogen-bond acceptors (Lipinski definition) is 4. The lowest BCUT2D eigenvalue weighted by Gasteiger charge is -2.22. The first-order valence-electron chi connectivity index (χ1n) is 9.50. The SMILES string of the molecule is COC(=O)[C@H](Cc1c[nH]c2c(-c3ccccc3)cccc12)NC(=O)OC(C)(C)C. The Hall–Kier alpha value is -3.28. The van der Waals surface area contributed by atoms with Gasteiger partial charge in [0.15, 0.2) is 0 Å². The van der Waals surface area contributed by atoms with Crippen LogP contribution in [0.5, 0.6) is 0 Å². The molecular weight excluding hydrogens is 368 g/mol. The summed E-state index contributed by atoms with van der Waals surface area (Å²) in [5.74, 6) is -0.524. The fourth-order valence-electron chi connectivity index (χ4n) is 3.24. The molecule has 2 N–H and O–H groups in total. The second kappa shape index (κ2) is 8.39. The highest BCUT2D eigenvalue weighted by atomic mass is 16.6. The predicted molar refractivity (Wildman–Crippen MR) is 113 cm³/mol. The number of methoxy groups -OCH3 is 1. The molecule has 6 nitrogen and oxygen atoms in total. The molecule has 3 aromatic rings.